The summed E-state index contributed by atoms with van der Waals surface area (Å²) in [5.74, 6) is 1.56. The van der Waals surface area contributed by atoms with Crippen LogP contribution in [0.25, 0.3) is 0 Å². The quantitative estimate of drug-likeness (QED) is 0.781. The van der Waals surface area contributed by atoms with Crippen LogP contribution in [0, 0.1) is 17.3 Å². The summed E-state index contributed by atoms with van der Waals surface area (Å²) in [5, 5.41) is 3.83. The second kappa shape index (κ2) is 6.38. The smallest absolute Gasteiger partial charge is 0.0510 e. The molecule has 1 saturated carbocycles. The van der Waals surface area contributed by atoms with Gasteiger partial charge in [-0.1, -0.05) is 33.6 Å². The van der Waals surface area contributed by atoms with Crippen LogP contribution in [-0.4, -0.2) is 25.8 Å². The fraction of sp³-hybridized carbons (Fsp3) is 1.00. The maximum Gasteiger partial charge on any atom is 0.0510 e. The van der Waals surface area contributed by atoms with Crippen molar-refractivity contribution in [2.24, 2.45) is 17.3 Å². The number of hydrogen-bond donors (Lipinski definition) is 1. The molecule has 0 radical (unpaired) electrons. The SMILES string of the molecule is CCNC(C1CCOC1)C1(CC(C)C)CCCC1. The van der Waals surface area contributed by atoms with Gasteiger partial charge in [-0.2, -0.15) is 0 Å². The first-order valence-electron chi connectivity index (χ1n) is 7.99. The van der Waals surface area contributed by atoms with E-state index in [2.05, 4.69) is 26.1 Å². The molecule has 0 spiro atoms. The predicted octanol–water partition coefficient (Wildman–Crippen LogP) is 3.61. The Morgan fingerprint density at radius 3 is 2.50 bits per heavy atom. The summed E-state index contributed by atoms with van der Waals surface area (Å²) in [4.78, 5) is 0. The van der Waals surface area contributed by atoms with Crippen molar-refractivity contribution in [3.8, 4) is 0 Å². The van der Waals surface area contributed by atoms with Crippen molar-refractivity contribution in [3.05, 3.63) is 0 Å². The minimum Gasteiger partial charge on any atom is -0.381 e. The van der Waals surface area contributed by atoms with E-state index >= 15 is 0 Å². The second-order valence-corrected chi connectivity index (χ2v) is 6.83. The first kappa shape index (κ1) is 14.3. The lowest BCUT2D eigenvalue weighted by molar-refractivity contribution is 0.0968. The molecule has 1 heterocycles. The van der Waals surface area contributed by atoms with E-state index in [-0.39, 0.29) is 0 Å². The van der Waals surface area contributed by atoms with Crippen molar-refractivity contribution in [1.29, 1.82) is 0 Å². The van der Waals surface area contributed by atoms with E-state index in [9.17, 15) is 0 Å². The first-order valence-corrected chi connectivity index (χ1v) is 7.99. The maximum absolute atomic E-state index is 5.65. The minimum atomic E-state index is 0.558. The summed E-state index contributed by atoms with van der Waals surface area (Å²) < 4.78 is 5.65. The third-order valence-electron chi connectivity index (χ3n) is 4.93. The molecule has 1 aliphatic carbocycles. The van der Waals surface area contributed by atoms with Crippen LogP contribution < -0.4 is 5.32 Å². The van der Waals surface area contributed by atoms with Gasteiger partial charge < -0.3 is 10.1 Å². The van der Waals surface area contributed by atoms with E-state index in [1.54, 1.807) is 0 Å². The van der Waals surface area contributed by atoms with Gasteiger partial charge in [-0.15, -0.1) is 0 Å². The Bertz CT molecular complexity index is 239. The summed E-state index contributed by atoms with van der Waals surface area (Å²) in [6.45, 7) is 10.1. The zero-order valence-electron chi connectivity index (χ0n) is 12.5. The van der Waals surface area contributed by atoms with Gasteiger partial charge in [-0.25, -0.2) is 0 Å². The van der Waals surface area contributed by atoms with Gasteiger partial charge >= 0.3 is 0 Å². The molecule has 0 bridgehead atoms. The Hall–Kier alpha value is -0.0800. The molecule has 2 unspecified atom stereocenters. The molecule has 106 valence electrons. The molecule has 2 fully saturated rings. The summed E-state index contributed by atoms with van der Waals surface area (Å²) in [6, 6.07) is 0.690. The minimum absolute atomic E-state index is 0.558. The monoisotopic (exact) mass is 253 g/mol. The second-order valence-electron chi connectivity index (χ2n) is 6.83. The highest BCUT2D eigenvalue weighted by Crippen LogP contribution is 2.48. The van der Waals surface area contributed by atoms with Gasteiger partial charge in [-0.3, -0.25) is 0 Å². The highest BCUT2D eigenvalue weighted by molar-refractivity contribution is 4.99. The van der Waals surface area contributed by atoms with Gasteiger partial charge in [0.1, 0.15) is 0 Å². The lowest BCUT2D eigenvalue weighted by Crippen LogP contribution is -2.49. The normalized spacial score (nSPS) is 29.0. The predicted molar refractivity (Wildman–Crippen MR) is 76.7 cm³/mol. The van der Waals surface area contributed by atoms with Gasteiger partial charge in [0.05, 0.1) is 6.61 Å². The molecule has 0 aromatic rings. The van der Waals surface area contributed by atoms with Crippen molar-refractivity contribution >= 4 is 0 Å². The summed E-state index contributed by atoms with van der Waals surface area (Å²) in [6.07, 6.45) is 8.38. The average Bonchev–Trinajstić information content (AvgIpc) is 2.96. The molecule has 1 aliphatic heterocycles. The topological polar surface area (TPSA) is 21.3 Å². The average molecular weight is 253 g/mol. The molecular formula is C16H31NO. The van der Waals surface area contributed by atoms with Crippen LogP contribution in [0.4, 0.5) is 0 Å². The van der Waals surface area contributed by atoms with Crippen molar-refractivity contribution in [2.45, 2.75) is 65.3 Å². The Balaban J connectivity index is 2.13. The Labute approximate surface area is 113 Å². The third-order valence-corrected chi connectivity index (χ3v) is 4.93. The van der Waals surface area contributed by atoms with E-state index < -0.39 is 0 Å². The van der Waals surface area contributed by atoms with E-state index in [0.29, 0.717) is 11.5 Å². The number of ether oxygens (including phenoxy) is 1. The van der Waals surface area contributed by atoms with Crippen LogP contribution >= 0.6 is 0 Å². The molecule has 1 saturated heterocycles. The van der Waals surface area contributed by atoms with Crippen LogP contribution in [0.2, 0.25) is 0 Å². The van der Waals surface area contributed by atoms with Gasteiger partial charge in [0.15, 0.2) is 0 Å². The van der Waals surface area contributed by atoms with Crippen molar-refractivity contribution in [2.75, 3.05) is 19.8 Å². The summed E-state index contributed by atoms with van der Waals surface area (Å²) >= 11 is 0. The summed E-state index contributed by atoms with van der Waals surface area (Å²) in [7, 11) is 0. The highest BCUT2D eigenvalue weighted by Gasteiger charge is 2.45. The number of hydrogen-bond acceptors (Lipinski definition) is 2. The fourth-order valence-corrected chi connectivity index (χ4v) is 4.45. The third kappa shape index (κ3) is 3.08. The van der Waals surface area contributed by atoms with Crippen LogP contribution in [0.3, 0.4) is 0 Å². The maximum atomic E-state index is 5.65. The van der Waals surface area contributed by atoms with Crippen LogP contribution in [0.1, 0.15) is 59.3 Å². The molecule has 2 heteroatoms. The molecule has 1 N–H and O–H groups in total. The molecular weight excluding hydrogens is 222 g/mol. The van der Waals surface area contributed by atoms with E-state index in [0.717, 1.165) is 31.6 Å². The number of nitrogens with one attached hydrogen (secondary N) is 1. The van der Waals surface area contributed by atoms with Crippen molar-refractivity contribution in [3.63, 3.8) is 0 Å². The van der Waals surface area contributed by atoms with Gasteiger partial charge in [-0.05, 0) is 43.6 Å². The molecule has 2 rings (SSSR count). The highest BCUT2D eigenvalue weighted by atomic mass is 16.5. The Kier molecular flexibility index (Phi) is 5.08. The molecule has 18 heavy (non-hydrogen) atoms. The van der Waals surface area contributed by atoms with Crippen LogP contribution in [0.15, 0.2) is 0 Å². The number of rotatable bonds is 6. The van der Waals surface area contributed by atoms with E-state index in [4.69, 9.17) is 4.74 Å². The molecule has 0 aromatic heterocycles. The Morgan fingerprint density at radius 2 is 2.00 bits per heavy atom. The van der Waals surface area contributed by atoms with Gasteiger partial charge in [0, 0.05) is 18.6 Å². The van der Waals surface area contributed by atoms with Crippen LogP contribution in [-0.2, 0) is 4.74 Å². The molecule has 2 atom stereocenters. The zero-order chi connectivity index (χ0) is 13.0. The molecule has 2 nitrogen and oxygen atoms in total. The molecule has 0 amide bonds. The van der Waals surface area contributed by atoms with Crippen molar-refractivity contribution in [1.82, 2.24) is 5.32 Å². The van der Waals surface area contributed by atoms with E-state index in [1.807, 2.05) is 0 Å². The zero-order valence-corrected chi connectivity index (χ0v) is 12.5. The Morgan fingerprint density at radius 1 is 1.28 bits per heavy atom. The first-order chi connectivity index (χ1) is 8.68. The van der Waals surface area contributed by atoms with Crippen LogP contribution in [0.5, 0.6) is 0 Å². The van der Waals surface area contributed by atoms with Crippen molar-refractivity contribution < 1.29 is 4.74 Å². The lowest BCUT2D eigenvalue weighted by atomic mass is 9.68. The standard InChI is InChI=1S/C16H31NO/c1-4-17-15(14-7-10-18-12-14)16(11-13(2)3)8-5-6-9-16/h13-15,17H,4-12H2,1-3H3. The molecule has 2 aliphatic rings. The van der Waals surface area contributed by atoms with E-state index in [1.165, 1.54) is 38.5 Å². The largest absolute Gasteiger partial charge is 0.381 e. The summed E-state index contributed by atoms with van der Waals surface area (Å²) in [5.41, 5.74) is 0.558. The van der Waals surface area contributed by atoms with Gasteiger partial charge in [0.25, 0.3) is 0 Å². The lowest BCUT2D eigenvalue weighted by Gasteiger charge is -2.42. The van der Waals surface area contributed by atoms with Gasteiger partial charge in [0.2, 0.25) is 0 Å². The molecule has 0 aromatic carbocycles. The fourth-order valence-electron chi connectivity index (χ4n) is 4.45.